The van der Waals surface area contributed by atoms with Gasteiger partial charge in [0, 0.05) is 40.3 Å². The number of rotatable bonds is 6. The predicted octanol–water partition coefficient (Wildman–Crippen LogP) is 4.46. The Labute approximate surface area is 199 Å². The summed E-state index contributed by atoms with van der Waals surface area (Å²) in [6.45, 7) is -3.77. The smallest absolute Gasteiger partial charge is 0.322 e. The van der Waals surface area contributed by atoms with Crippen molar-refractivity contribution in [2.24, 2.45) is 11.8 Å². The van der Waals surface area contributed by atoms with Gasteiger partial charge in [0.15, 0.2) is 0 Å². The summed E-state index contributed by atoms with van der Waals surface area (Å²) in [5.74, 6) is -0.172. The summed E-state index contributed by atoms with van der Waals surface area (Å²) in [7, 11) is 0. The highest BCUT2D eigenvalue weighted by molar-refractivity contribution is 6.30. The first kappa shape index (κ1) is 14.3. The van der Waals surface area contributed by atoms with E-state index in [2.05, 4.69) is 25.6 Å². The van der Waals surface area contributed by atoms with Gasteiger partial charge >= 0.3 is 12.0 Å². The van der Waals surface area contributed by atoms with Crippen molar-refractivity contribution in [1.29, 1.82) is 0 Å². The molecular weight excluding hydrogens is 437 g/mol. The zero-order valence-electron chi connectivity index (χ0n) is 24.0. The molecule has 9 nitrogen and oxygen atoms in total. The molecule has 2 unspecified atom stereocenters. The molecule has 2 bridgehead atoms. The molecule has 3 heterocycles. The summed E-state index contributed by atoms with van der Waals surface area (Å²) in [5.41, 5.74) is 0. The Kier molecular flexibility index (Phi) is 3.68. The Hall–Kier alpha value is -2.88. The lowest BCUT2D eigenvalue weighted by Gasteiger charge is -2.37. The molecule has 2 aromatic heterocycles. The van der Waals surface area contributed by atoms with Crippen molar-refractivity contribution >= 4 is 23.6 Å². The maximum atomic E-state index is 13.7. The van der Waals surface area contributed by atoms with Crippen molar-refractivity contribution in [1.82, 2.24) is 25.0 Å². The molecule has 1 aliphatic heterocycles. The lowest BCUT2D eigenvalue weighted by molar-refractivity contribution is 0.356. The monoisotopic (exact) mass is 468 g/mol. The molecule has 0 spiro atoms. The minimum absolute atomic E-state index is 0.0525. The number of aryl methyl sites for hydroxylation is 1. The fourth-order valence-electron chi connectivity index (χ4n) is 4.39. The summed E-state index contributed by atoms with van der Waals surface area (Å²) in [5, 5.41) is 15.0. The summed E-state index contributed by atoms with van der Waals surface area (Å²) >= 11 is 5.84. The van der Waals surface area contributed by atoms with Gasteiger partial charge in [0.25, 0.3) is 0 Å². The van der Waals surface area contributed by atoms with Crippen LogP contribution >= 0.6 is 11.6 Å². The van der Waals surface area contributed by atoms with Crippen molar-refractivity contribution in [2.45, 2.75) is 45.5 Å². The van der Waals surface area contributed by atoms with Gasteiger partial charge in [0.05, 0.1) is 12.4 Å². The number of hydrogen-bond donors (Lipinski definition) is 1. The van der Waals surface area contributed by atoms with Gasteiger partial charge in [-0.25, -0.2) is 9.07 Å². The quantitative estimate of drug-likeness (QED) is 0.566. The van der Waals surface area contributed by atoms with Crippen molar-refractivity contribution in [3.05, 3.63) is 34.9 Å². The topological polar surface area (TPSA) is 94.1 Å². The lowest BCUT2D eigenvalue weighted by atomic mass is 9.92. The normalized spacial score (nSPS) is 26.9. The molecule has 170 valence electrons. The molecule has 3 aromatic rings. The van der Waals surface area contributed by atoms with Gasteiger partial charge in [-0.3, -0.25) is 0 Å². The number of anilines is 2. The van der Waals surface area contributed by atoms with Gasteiger partial charge in [-0.2, -0.15) is 4.98 Å². The van der Waals surface area contributed by atoms with Gasteiger partial charge in [-0.15, -0.1) is 10.2 Å². The van der Waals surface area contributed by atoms with E-state index in [1.807, 2.05) is 4.90 Å². The van der Waals surface area contributed by atoms with Crippen LogP contribution < -0.4 is 15.0 Å². The van der Waals surface area contributed by atoms with Crippen LogP contribution in [0.5, 0.6) is 11.8 Å². The molecule has 2 aliphatic rings. The fourth-order valence-corrected chi connectivity index (χ4v) is 4.56. The number of nitrogens with one attached hydrogen (secondary N) is 1. The van der Waals surface area contributed by atoms with Crippen LogP contribution in [0.2, 0.25) is 5.02 Å². The van der Waals surface area contributed by atoms with E-state index in [9.17, 15) is 4.39 Å². The highest BCUT2D eigenvalue weighted by atomic mass is 35.5. The Morgan fingerprint density at radius 1 is 1.31 bits per heavy atom. The molecule has 0 radical (unpaired) electrons. The van der Waals surface area contributed by atoms with Crippen molar-refractivity contribution in [3.8, 4) is 11.8 Å². The molecule has 1 aromatic carbocycles. The Morgan fingerprint density at radius 3 is 2.75 bits per heavy atom. The fraction of sp³-hybridized carbons (Fsp3) is 0.524. The summed E-state index contributed by atoms with van der Waals surface area (Å²) in [4.78, 5) is 6.24. The average Bonchev–Trinajstić information content (AvgIpc) is 3.50. The van der Waals surface area contributed by atoms with E-state index in [-0.39, 0.29) is 34.6 Å². The van der Waals surface area contributed by atoms with E-state index >= 15 is 0 Å². The third kappa shape index (κ3) is 3.99. The molecule has 1 saturated carbocycles. The molecule has 1 aliphatic carbocycles. The van der Waals surface area contributed by atoms with Crippen LogP contribution in [-0.4, -0.2) is 44.1 Å². The molecule has 0 amide bonds. The first-order valence-electron chi connectivity index (χ1n) is 13.6. The minimum atomic E-state index is -3.35. The van der Waals surface area contributed by atoms with Gasteiger partial charge in [0.1, 0.15) is 11.6 Å². The number of ether oxygens (including phenoxy) is 1. The Balaban J connectivity index is 1.48. The Bertz CT molecular complexity index is 1340. The number of piperidine rings is 1. The number of fused-ring (bicyclic) bond motifs is 2. The highest BCUT2D eigenvalue weighted by Crippen LogP contribution is 2.40. The SMILES string of the molecule is [2H]C([2H])([2H])C([2H])(n1nc(NC2C3CCC2CN(c2nnc(C)o2)C3)nc1Oc1ccc(F)c(Cl)c1)C([2H])([2H])[2H]. The zero-order valence-corrected chi connectivity index (χ0v) is 17.8. The van der Waals surface area contributed by atoms with E-state index < -0.39 is 31.5 Å². The van der Waals surface area contributed by atoms with E-state index in [1.54, 1.807) is 6.92 Å². The second-order valence-electron chi connectivity index (χ2n) is 7.93. The standard InChI is InChI=1S/C21H25ClFN7O2/c1-11(2)30-20(32-15-6-7-17(23)16(22)8-15)25-19(28-30)24-18-13-4-5-14(18)10-29(9-13)21-27-26-12(3)31-21/h6-8,11,13-14,18H,4-5,9-10H2,1-3H3,(H,24,28)/i1D3,2D3,11D. The van der Waals surface area contributed by atoms with E-state index in [0.29, 0.717) is 29.7 Å². The number of aromatic nitrogens is 5. The molecule has 1 saturated heterocycles. The number of hydrogen-bond acceptors (Lipinski definition) is 8. The third-order valence-electron chi connectivity index (χ3n) is 5.80. The van der Waals surface area contributed by atoms with Crippen LogP contribution in [0.15, 0.2) is 22.6 Å². The Morgan fingerprint density at radius 2 is 2.09 bits per heavy atom. The first-order chi connectivity index (χ1) is 18.2. The van der Waals surface area contributed by atoms with E-state index in [1.165, 1.54) is 6.07 Å². The third-order valence-corrected chi connectivity index (χ3v) is 6.09. The summed E-state index contributed by atoms with van der Waals surface area (Å²) < 4.78 is 81.2. The zero-order chi connectivity index (χ0) is 28.3. The van der Waals surface area contributed by atoms with Gasteiger partial charge < -0.3 is 19.4 Å². The number of nitrogens with zero attached hydrogens (tertiary/aromatic N) is 6. The van der Waals surface area contributed by atoms with Crippen molar-refractivity contribution in [2.75, 3.05) is 23.3 Å². The van der Waals surface area contributed by atoms with Crippen LogP contribution in [0.25, 0.3) is 0 Å². The molecular formula is C21H25ClFN7O2. The second kappa shape index (κ2) is 8.23. The predicted molar refractivity (Wildman–Crippen MR) is 117 cm³/mol. The van der Waals surface area contributed by atoms with Crippen LogP contribution in [-0.2, 0) is 0 Å². The highest BCUT2D eigenvalue weighted by Gasteiger charge is 2.43. The van der Waals surface area contributed by atoms with E-state index in [4.69, 9.17) is 30.4 Å². The lowest BCUT2D eigenvalue weighted by Crippen LogP contribution is -2.48. The van der Waals surface area contributed by atoms with Crippen LogP contribution in [0.1, 0.15) is 48.0 Å². The minimum Gasteiger partial charge on any atom is -0.424 e. The number of halogens is 2. The maximum absolute atomic E-state index is 13.7. The van der Waals surface area contributed by atoms with Crippen LogP contribution in [0.4, 0.5) is 16.4 Å². The first-order valence-corrected chi connectivity index (χ1v) is 10.5. The molecule has 32 heavy (non-hydrogen) atoms. The van der Waals surface area contributed by atoms with E-state index in [0.717, 1.165) is 25.0 Å². The van der Waals surface area contributed by atoms with Crippen LogP contribution in [0, 0.1) is 24.6 Å². The van der Waals surface area contributed by atoms with Gasteiger partial charge in [-0.05, 0) is 50.5 Å². The molecule has 2 fully saturated rings. The van der Waals surface area contributed by atoms with Crippen LogP contribution in [0.3, 0.4) is 0 Å². The summed E-state index contributed by atoms with van der Waals surface area (Å²) in [6.07, 6.45) is 1.77. The van der Waals surface area contributed by atoms with Crippen molar-refractivity contribution < 1.29 is 23.1 Å². The maximum Gasteiger partial charge on any atom is 0.322 e. The molecule has 1 N–H and O–H groups in total. The molecule has 5 rings (SSSR count). The average molecular weight is 469 g/mol. The second-order valence-corrected chi connectivity index (χ2v) is 8.34. The largest absolute Gasteiger partial charge is 0.424 e. The van der Waals surface area contributed by atoms with Crippen molar-refractivity contribution in [3.63, 3.8) is 0 Å². The number of benzene rings is 1. The molecule has 2 atom stereocenters. The van der Waals surface area contributed by atoms with Gasteiger partial charge in [-0.1, -0.05) is 16.7 Å². The summed E-state index contributed by atoms with van der Waals surface area (Å²) in [6, 6.07) is -0.163. The van der Waals surface area contributed by atoms with Gasteiger partial charge in [0.2, 0.25) is 11.8 Å². The molecule has 11 heteroatoms.